The molecule has 0 aliphatic rings. The quantitative estimate of drug-likeness (QED) is 0.0213. The Kier molecular flexibility index (Phi) is 40.2. The molecular weight excluding hydrogens is 798 g/mol. The average Bonchev–Trinajstić information content (AvgIpc) is 3.23. The maximum Gasteiger partial charge on any atom is 0.472 e. The first-order chi connectivity index (χ1) is 30.0. The Labute approximate surface area is 378 Å². The van der Waals surface area contributed by atoms with Gasteiger partial charge in [0.1, 0.15) is 19.8 Å². The van der Waals surface area contributed by atoms with Gasteiger partial charge < -0.3 is 18.9 Å². The summed E-state index contributed by atoms with van der Waals surface area (Å²) in [5, 5.41) is 0. The third-order valence-electron chi connectivity index (χ3n) is 8.99. The van der Waals surface area contributed by atoms with Gasteiger partial charge in [-0.05, 0) is 96.3 Å². The van der Waals surface area contributed by atoms with E-state index in [1.807, 2.05) is 33.3 Å². The summed E-state index contributed by atoms with van der Waals surface area (Å²) >= 11 is 0. The zero-order valence-corrected chi connectivity index (χ0v) is 40.2. The van der Waals surface area contributed by atoms with Crippen LogP contribution in [-0.2, 0) is 32.7 Å². The van der Waals surface area contributed by atoms with Gasteiger partial charge in [0.2, 0.25) is 0 Å². The molecule has 62 heavy (non-hydrogen) atoms. The van der Waals surface area contributed by atoms with Crippen LogP contribution in [0.3, 0.4) is 0 Å². The third kappa shape index (κ3) is 45.9. The van der Waals surface area contributed by atoms with Crippen molar-refractivity contribution < 1.29 is 42.1 Å². The summed E-state index contributed by atoms with van der Waals surface area (Å²) in [6.45, 7) is 4.12. The molecule has 0 fully saturated rings. The Morgan fingerprint density at radius 2 is 0.952 bits per heavy atom. The van der Waals surface area contributed by atoms with E-state index in [-0.39, 0.29) is 26.1 Å². The Bertz CT molecular complexity index is 1460. The largest absolute Gasteiger partial charge is 0.472 e. The van der Waals surface area contributed by atoms with Crippen molar-refractivity contribution in [3.8, 4) is 0 Å². The summed E-state index contributed by atoms with van der Waals surface area (Å²) in [7, 11) is 1.39. The lowest BCUT2D eigenvalue weighted by atomic mass is 10.1. The van der Waals surface area contributed by atoms with Crippen molar-refractivity contribution in [1.29, 1.82) is 0 Å². The Morgan fingerprint density at radius 3 is 1.40 bits per heavy atom. The summed E-state index contributed by atoms with van der Waals surface area (Å²) in [5.74, 6) is -0.946. The van der Waals surface area contributed by atoms with E-state index in [1.54, 1.807) is 0 Å². The predicted molar refractivity (Wildman–Crippen MR) is 261 cm³/mol. The Morgan fingerprint density at radius 1 is 0.516 bits per heavy atom. The van der Waals surface area contributed by atoms with Crippen LogP contribution in [0.15, 0.2) is 122 Å². The van der Waals surface area contributed by atoms with Crippen molar-refractivity contribution in [3.63, 3.8) is 0 Å². The number of rotatable bonds is 40. The van der Waals surface area contributed by atoms with E-state index in [0.717, 1.165) is 77.0 Å². The molecule has 0 amide bonds. The summed E-state index contributed by atoms with van der Waals surface area (Å²) in [6.07, 6.45) is 59.8. The van der Waals surface area contributed by atoms with Gasteiger partial charge in [-0.2, -0.15) is 0 Å². The molecule has 9 nitrogen and oxygen atoms in total. The average molecular weight is 883 g/mol. The molecule has 0 radical (unpaired) electrons. The SMILES string of the molecule is CC/C=C\C/C=C\C/C=C\C/C=C\C/C=C\C/C=C\CCC(=O)O[C@H](COC(=O)CCCCC/C=C\C/C=C\C/C=C\C/C=C\CCCCC)COP(=O)(O)OCC[N+](C)(C)C. The second kappa shape index (κ2) is 42.7. The van der Waals surface area contributed by atoms with Crippen LogP contribution >= 0.6 is 7.82 Å². The first-order valence-corrected chi connectivity index (χ1v) is 24.8. The first kappa shape index (κ1) is 58.4. The molecule has 0 aliphatic carbocycles. The molecule has 1 N–H and O–H groups in total. The van der Waals surface area contributed by atoms with Crippen LogP contribution < -0.4 is 0 Å². The molecule has 0 rings (SSSR count). The lowest BCUT2D eigenvalue weighted by Crippen LogP contribution is -2.37. The molecule has 0 aromatic heterocycles. The van der Waals surface area contributed by atoms with Crippen LogP contribution in [0, 0.1) is 0 Å². The second-order valence-electron chi connectivity index (χ2n) is 16.0. The minimum Gasteiger partial charge on any atom is -0.462 e. The highest BCUT2D eigenvalue weighted by Crippen LogP contribution is 2.43. The van der Waals surface area contributed by atoms with Gasteiger partial charge in [-0.3, -0.25) is 18.6 Å². The van der Waals surface area contributed by atoms with Crippen molar-refractivity contribution in [2.24, 2.45) is 0 Å². The van der Waals surface area contributed by atoms with Crippen molar-refractivity contribution in [1.82, 2.24) is 0 Å². The molecule has 0 bridgehead atoms. The lowest BCUT2D eigenvalue weighted by Gasteiger charge is -2.24. The van der Waals surface area contributed by atoms with Crippen LogP contribution in [0.5, 0.6) is 0 Å². The number of hydrogen-bond donors (Lipinski definition) is 1. The van der Waals surface area contributed by atoms with Crippen molar-refractivity contribution in [2.45, 2.75) is 148 Å². The lowest BCUT2D eigenvalue weighted by molar-refractivity contribution is -0.870. The van der Waals surface area contributed by atoms with Crippen molar-refractivity contribution in [3.05, 3.63) is 122 Å². The summed E-state index contributed by atoms with van der Waals surface area (Å²) in [5.41, 5.74) is 0. The molecule has 1 unspecified atom stereocenters. The van der Waals surface area contributed by atoms with Gasteiger partial charge in [-0.1, -0.05) is 155 Å². The van der Waals surface area contributed by atoms with Gasteiger partial charge in [0.05, 0.1) is 27.7 Å². The first-order valence-electron chi connectivity index (χ1n) is 23.3. The highest BCUT2D eigenvalue weighted by Gasteiger charge is 2.27. The maximum absolute atomic E-state index is 12.7. The van der Waals surface area contributed by atoms with E-state index < -0.39 is 32.5 Å². The molecular formula is C52H85NO8P+. The second-order valence-corrected chi connectivity index (χ2v) is 17.5. The number of phosphoric acid groups is 1. The van der Waals surface area contributed by atoms with Crippen LogP contribution in [0.2, 0.25) is 0 Å². The number of unbranched alkanes of at least 4 members (excludes halogenated alkanes) is 6. The van der Waals surface area contributed by atoms with Crippen LogP contribution in [0.4, 0.5) is 0 Å². The van der Waals surface area contributed by atoms with E-state index in [2.05, 4.69) is 123 Å². The molecule has 0 heterocycles. The summed E-state index contributed by atoms with van der Waals surface area (Å²) < 4.78 is 34.2. The molecule has 0 spiro atoms. The number of nitrogens with zero attached hydrogens (tertiary/aromatic N) is 1. The van der Waals surface area contributed by atoms with Gasteiger partial charge in [-0.15, -0.1) is 0 Å². The van der Waals surface area contributed by atoms with Gasteiger partial charge >= 0.3 is 19.8 Å². The standard InChI is InChI=1S/C52H84NO8P/c1-6-8-10-12-14-16-18-20-22-24-26-28-30-32-34-36-38-40-42-44-51(54)58-48-50(49-60-62(56,57)59-47-46-53(3,4)5)61-52(55)45-43-41-39-37-35-33-31-29-27-25-23-21-19-17-15-13-11-9-7-2/h9,11,14-17,20-23,26-29,32-35,39,41,50H,6-8,10,12-13,18-19,24-25,30-31,36-38,40,42-49H2,1-5H3/p+1/b11-9-,16-14-,17-15-,22-20-,23-21-,28-26-,29-27-,34-32-,35-33-,41-39-/t50-/m1/s1. The minimum atomic E-state index is -4.42. The smallest absolute Gasteiger partial charge is 0.462 e. The van der Waals surface area contributed by atoms with Gasteiger partial charge in [0.15, 0.2) is 6.10 Å². The van der Waals surface area contributed by atoms with E-state index in [4.69, 9.17) is 18.5 Å². The monoisotopic (exact) mass is 883 g/mol. The minimum absolute atomic E-state index is 0.00505. The fourth-order valence-corrected chi connectivity index (χ4v) is 6.12. The predicted octanol–water partition coefficient (Wildman–Crippen LogP) is 13.7. The maximum atomic E-state index is 12.7. The molecule has 350 valence electrons. The molecule has 2 atom stereocenters. The van der Waals surface area contributed by atoms with Crippen molar-refractivity contribution in [2.75, 3.05) is 47.5 Å². The highest BCUT2D eigenvalue weighted by atomic mass is 31.2. The van der Waals surface area contributed by atoms with Gasteiger partial charge in [-0.25, -0.2) is 4.57 Å². The van der Waals surface area contributed by atoms with Crippen LogP contribution in [-0.4, -0.2) is 74.9 Å². The number of hydrogen-bond acceptors (Lipinski definition) is 7. The molecule has 0 saturated carbocycles. The Hall–Kier alpha value is -3.59. The van der Waals surface area contributed by atoms with Gasteiger partial charge in [0, 0.05) is 12.8 Å². The zero-order chi connectivity index (χ0) is 45.7. The zero-order valence-electron chi connectivity index (χ0n) is 39.3. The fraction of sp³-hybridized carbons (Fsp3) is 0.577. The third-order valence-corrected chi connectivity index (χ3v) is 9.97. The summed E-state index contributed by atoms with van der Waals surface area (Å²) in [4.78, 5) is 35.4. The molecule has 0 saturated heterocycles. The number of ether oxygens (including phenoxy) is 2. The highest BCUT2D eigenvalue weighted by molar-refractivity contribution is 7.47. The Balaban J connectivity index is 4.55. The number of esters is 2. The van der Waals surface area contributed by atoms with E-state index >= 15 is 0 Å². The number of likely N-dealkylation sites (N-methyl/N-ethyl adjacent to an activating group) is 1. The molecule has 0 aromatic rings. The molecule has 10 heteroatoms. The van der Waals surface area contributed by atoms with Crippen molar-refractivity contribution >= 4 is 19.8 Å². The number of carbonyl (C=O) groups excluding carboxylic acids is 2. The van der Waals surface area contributed by atoms with Crippen LogP contribution in [0.1, 0.15) is 142 Å². The number of carbonyl (C=O) groups is 2. The normalized spacial score (nSPS) is 14.6. The number of allylic oxidation sites excluding steroid dienone is 20. The molecule has 0 aliphatic heterocycles. The number of phosphoric ester groups is 1. The molecule has 0 aromatic carbocycles. The van der Waals surface area contributed by atoms with Crippen LogP contribution in [0.25, 0.3) is 0 Å². The van der Waals surface area contributed by atoms with Gasteiger partial charge in [0.25, 0.3) is 0 Å². The fourth-order valence-electron chi connectivity index (χ4n) is 5.37. The van der Waals surface area contributed by atoms with E-state index in [9.17, 15) is 19.0 Å². The van der Waals surface area contributed by atoms with E-state index in [0.29, 0.717) is 23.9 Å². The topological polar surface area (TPSA) is 108 Å². The van der Waals surface area contributed by atoms with E-state index in [1.165, 1.54) is 25.7 Å². The number of quaternary nitrogens is 1. The summed E-state index contributed by atoms with van der Waals surface area (Å²) in [6, 6.07) is 0.